The van der Waals surface area contributed by atoms with E-state index in [1.54, 1.807) is 17.5 Å². The van der Waals surface area contributed by atoms with Gasteiger partial charge in [0.05, 0.1) is 12.2 Å². The Bertz CT molecular complexity index is 775. The van der Waals surface area contributed by atoms with Crippen molar-refractivity contribution < 1.29 is 4.74 Å². The Balaban J connectivity index is 1.76. The van der Waals surface area contributed by atoms with Crippen molar-refractivity contribution in [2.45, 2.75) is 6.54 Å². The lowest BCUT2D eigenvalue weighted by molar-refractivity contribution is 0.298. The molecule has 24 heavy (non-hydrogen) atoms. The topological polar surface area (TPSA) is 47.6 Å². The van der Waals surface area contributed by atoms with Gasteiger partial charge in [-0.2, -0.15) is 5.10 Å². The first-order valence-electron chi connectivity index (χ1n) is 7.81. The van der Waals surface area contributed by atoms with Crippen molar-refractivity contribution in [2.24, 2.45) is 5.10 Å². The van der Waals surface area contributed by atoms with Crippen LogP contribution < -0.4 is 4.74 Å². The molecule has 0 saturated heterocycles. The molecule has 3 aromatic rings. The summed E-state index contributed by atoms with van der Waals surface area (Å²) in [6.45, 7) is 1.32. The number of hydrazone groups is 1. The molecule has 1 aromatic carbocycles. The van der Waals surface area contributed by atoms with Gasteiger partial charge in [-0.3, -0.25) is 4.57 Å². The van der Waals surface area contributed by atoms with Crippen LogP contribution in [0.2, 0.25) is 0 Å². The minimum atomic E-state index is 0.588. The number of hydrogen-bond acceptors (Lipinski definition) is 4. The van der Waals surface area contributed by atoms with Gasteiger partial charge < -0.3 is 14.3 Å². The summed E-state index contributed by atoms with van der Waals surface area (Å²) >= 11 is 0. The van der Waals surface area contributed by atoms with E-state index in [0.717, 1.165) is 23.8 Å². The lowest BCUT2D eigenvalue weighted by atomic mass is 10.3. The number of para-hydroxylation sites is 1. The summed E-state index contributed by atoms with van der Waals surface area (Å²) in [5.74, 6) is 1.70. The van der Waals surface area contributed by atoms with Crippen LogP contribution >= 0.6 is 0 Å². The summed E-state index contributed by atoms with van der Waals surface area (Å²) in [7, 11) is 3.81. The zero-order valence-electron chi connectivity index (χ0n) is 13.9. The largest absolute Gasteiger partial charge is 0.492 e. The Kier molecular flexibility index (Phi) is 4.96. The van der Waals surface area contributed by atoms with Gasteiger partial charge in [0.2, 0.25) is 0 Å². The molecule has 3 rings (SSSR count). The van der Waals surface area contributed by atoms with Crippen LogP contribution in [0.5, 0.6) is 5.75 Å². The second-order valence-corrected chi connectivity index (χ2v) is 5.49. The van der Waals surface area contributed by atoms with Crippen molar-refractivity contribution in [3.63, 3.8) is 0 Å². The maximum atomic E-state index is 5.80. The van der Waals surface area contributed by atoms with Crippen LogP contribution in [0.15, 0.2) is 72.5 Å². The molecule has 0 spiro atoms. The fourth-order valence-electron chi connectivity index (χ4n) is 2.40. The number of benzene rings is 1. The molecule has 0 unspecified atom stereocenters. The highest BCUT2D eigenvalue weighted by atomic mass is 16.5. The lowest BCUT2D eigenvalue weighted by Crippen LogP contribution is -2.21. The molecule has 2 heterocycles. The van der Waals surface area contributed by atoms with Gasteiger partial charge in [-0.25, -0.2) is 4.98 Å². The molecule has 2 aromatic heterocycles. The lowest BCUT2D eigenvalue weighted by Gasteiger charge is -2.15. The van der Waals surface area contributed by atoms with E-state index in [0.29, 0.717) is 6.61 Å². The summed E-state index contributed by atoms with van der Waals surface area (Å²) in [5, 5.41) is 6.38. The first-order chi connectivity index (χ1) is 11.7. The monoisotopic (exact) mass is 323 g/mol. The second-order valence-electron chi connectivity index (χ2n) is 5.49. The SMILES string of the molecule is CN(C)N=C(c1cccn1CCOc1ccccc1)n1ccnc1. The number of nitrogens with zero attached hydrogens (tertiary/aromatic N) is 5. The molecule has 0 N–H and O–H groups in total. The van der Waals surface area contributed by atoms with Crippen LogP contribution in [0.3, 0.4) is 0 Å². The summed E-state index contributed by atoms with van der Waals surface area (Å²) < 4.78 is 9.83. The van der Waals surface area contributed by atoms with E-state index in [2.05, 4.69) is 14.7 Å². The van der Waals surface area contributed by atoms with E-state index < -0.39 is 0 Å². The molecule has 0 fully saturated rings. The van der Waals surface area contributed by atoms with E-state index in [1.165, 1.54) is 0 Å². The van der Waals surface area contributed by atoms with Crippen molar-refractivity contribution in [1.29, 1.82) is 0 Å². The summed E-state index contributed by atoms with van der Waals surface area (Å²) in [6, 6.07) is 13.9. The zero-order valence-corrected chi connectivity index (χ0v) is 13.9. The Morgan fingerprint density at radius 2 is 1.96 bits per heavy atom. The molecule has 124 valence electrons. The smallest absolute Gasteiger partial charge is 0.181 e. The summed E-state index contributed by atoms with van der Waals surface area (Å²) in [5.41, 5.74) is 1.01. The van der Waals surface area contributed by atoms with Crippen molar-refractivity contribution in [3.05, 3.63) is 73.1 Å². The van der Waals surface area contributed by atoms with E-state index in [4.69, 9.17) is 4.74 Å². The number of ether oxygens (including phenoxy) is 1. The summed E-state index contributed by atoms with van der Waals surface area (Å²) in [4.78, 5) is 4.12. The van der Waals surface area contributed by atoms with Crippen molar-refractivity contribution >= 4 is 5.84 Å². The molecule has 0 amide bonds. The first-order valence-corrected chi connectivity index (χ1v) is 7.81. The molecule has 0 saturated carbocycles. The van der Waals surface area contributed by atoms with Crippen molar-refractivity contribution in [2.75, 3.05) is 20.7 Å². The average molecular weight is 323 g/mol. The Hall–Kier alpha value is -3.02. The molecule has 6 nitrogen and oxygen atoms in total. The van der Waals surface area contributed by atoms with Gasteiger partial charge in [-0.15, -0.1) is 0 Å². The maximum absolute atomic E-state index is 5.80. The van der Waals surface area contributed by atoms with Gasteiger partial charge >= 0.3 is 0 Å². The van der Waals surface area contributed by atoms with E-state index in [9.17, 15) is 0 Å². The van der Waals surface area contributed by atoms with Gasteiger partial charge in [-0.05, 0) is 24.3 Å². The minimum absolute atomic E-state index is 0.588. The Morgan fingerprint density at radius 1 is 1.12 bits per heavy atom. The predicted octanol–water partition coefficient (Wildman–Crippen LogP) is 2.54. The van der Waals surface area contributed by atoms with Gasteiger partial charge in [0, 0.05) is 32.7 Å². The van der Waals surface area contributed by atoms with Crippen LogP contribution in [0.25, 0.3) is 0 Å². The third kappa shape index (κ3) is 3.84. The number of imidazole rings is 1. The highest BCUT2D eigenvalue weighted by Gasteiger charge is 2.12. The first kappa shape index (κ1) is 15.9. The van der Waals surface area contributed by atoms with Crippen LogP contribution in [-0.4, -0.2) is 45.7 Å². The highest BCUT2D eigenvalue weighted by molar-refractivity contribution is 5.98. The van der Waals surface area contributed by atoms with Gasteiger partial charge in [0.1, 0.15) is 18.7 Å². The third-order valence-corrected chi connectivity index (χ3v) is 3.45. The fraction of sp³-hybridized carbons (Fsp3) is 0.222. The van der Waals surface area contributed by atoms with E-state index in [-0.39, 0.29) is 0 Å². The average Bonchev–Trinajstić information content (AvgIpc) is 3.25. The second kappa shape index (κ2) is 7.50. The molecule has 0 bridgehead atoms. The van der Waals surface area contributed by atoms with Crippen LogP contribution in [0, 0.1) is 0 Å². The van der Waals surface area contributed by atoms with Crippen molar-refractivity contribution in [3.8, 4) is 5.75 Å². The Labute approximate surface area is 141 Å². The third-order valence-electron chi connectivity index (χ3n) is 3.45. The normalized spacial score (nSPS) is 11.5. The van der Waals surface area contributed by atoms with Gasteiger partial charge in [-0.1, -0.05) is 18.2 Å². The fourth-order valence-corrected chi connectivity index (χ4v) is 2.40. The predicted molar refractivity (Wildman–Crippen MR) is 94.2 cm³/mol. The number of rotatable bonds is 6. The molecule has 0 aliphatic carbocycles. The van der Waals surface area contributed by atoms with Crippen LogP contribution in [0.1, 0.15) is 5.69 Å². The van der Waals surface area contributed by atoms with E-state index >= 15 is 0 Å². The number of hydrogen-bond donors (Lipinski definition) is 0. The molecule has 0 atom stereocenters. The van der Waals surface area contributed by atoms with E-state index in [1.807, 2.05) is 73.5 Å². The van der Waals surface area contributed by atoms with Crippen LogP contribution in [0.4, 0.5) is 0 Å². The maximum Gasteiger partial charge on any atom is 0.181 e. The summed E-state index contributed by atoms with van der Waals surface area (Å²) in [6.07, 6.45) is 7.42. The minimum Gasteiger partial charge on any atom is -0.492 e. The zero-order chi connectivity index (χ0) is 16.8. The van der Waals surface area contributed by atoms with Gasteiger partial charge in [0.15, 0.2) is 5.84 Å². The molecular weight excluding hydrogens is 302 g/mol. The highest BCUT2D eigenvalue weighted by Crippen LogP contribution is 2.10. The van der Waals surface area contributed by atoms with Crippen molar-refractivity contribution in [1.82, 2.24) is 19.1 Å². The quantitative estimate of drug-likeness (QED) is 0.398. The number of aromatic nitrogens is 3. The molecule has 0 aliphatic rings. The van der Waals surface area contributed by atoms with Gasteiger partial charge in [0.25, 0.3) is 0 Å². The Morgan fingerprint density at radius 3 is 2.67 bits per heavy atom. The molecule has 0 radical (unpaired) electrons. The van der Waals surface area contributed by atoms with Crippen LogP contribution in [-0.2, 0) is 6.54 Å². The molecular formula is C18H21N5O. The molecule has 0 aliphatic heterocycles. The standard InChI is InChI=1S/C18H21N5O/c1-21(2)20-18(23-12-10-19-15-23)17-9-6-11-22(17)13-14-24-16-7-4-3-5-8-16/h3-12,15H,13-14H2,1-2H3. The molecule has 6 heteroatoms.